The summed E-state index contributed by atoms with van der Waals surface area (Å²) in [4.78, 5) is 9.21. The van der Waals surface area contributed by atoms with Gasteiger partial charge in [-0.2, -0.15) is 9.78 Å². The number of nitrogens with zero attached hydrogens (tertiary/aromatic N) is 4. The van der Waals surface area contributed by atoms with Crippen LogP contribution in [0.15, 0.2) is 11.5 Å². The van der Waals surface area contributed by atoms with Crippen LogP contribution in [0.2, 0.25) is 0 Å². The largest absolute Gasteiger partial charge is 0.393 e. The number of rotatable bonds is 1. The van der Waals surface area contributed by atoms with Crippen LogP contribution in [0.5, 0.6) is 0 Å². The Kier molecular flexibility index (Phi) is 2.72. The summed E-state index contributed by atoms with van der Waals surface area (Å²) >= 11 is 1.64. The molecule has 1 aliphatic rings. The zero-order valence-electron chi connectivity index (χ0n) is 8.17. The van der Waals surface area contributed by atoms with Crippen molar-refractivity contribution in [1.29, 1.82) is 0 Å². The first-order valence-corrected chi connectivity index (χ1v) is 5.50. The van der Waals surface area contributed by atoms with Crippen LogP contribution in [0.4, 0.5) is 0 Å². The van der Waals surface area contributed by atoms with Gasteiger partial charge in [0.05, 0.1) is 0 Å². The molecule has 0 radical (unpaired) electrons. The van der Waals surface area contributed by atoms with Gasteiger partial charge in [0, 0.05) is 11.7 Å². The monoisotopic (exact) mass is 212 g/mol. The van der Waals surface area contributed by atoms with Gasteiger partial charge in [-0.05, 0) is 0 Å². The number of hydrogen-bond donors (Lipinski definition) is 0. The molecule has 1 aliphatic heterocycles. The Labute approximate surface area is 86.5 Å². The second-order valence-corrected chi connectivity index (χ2v) is 4.30. The predicted octanol–water partition coefficient (Wildman–Crippen LogP) is 1.28. The minimum atomic E-state index is 0.336. The SMILES string of the molecule is CC(C)c1ncnn1C1=NOCCS1. The topological polar surface area (TPSA) is 52.3 Å². The van der Waals surface area contributed by atoms with Gasteiger partial charge in [-0.3, -0.25) is 0 Å². The molecule has 0 aliphatic carbocycles. The van der Waals surface area contributed by atoms with Crippen LogP contribution in [-0.2, 0) is 4.84 Å². The zero-order chi connectivity index (χ0) is 9.97. The molecule has 6 heteroatoms. The summed E-state index contributed by atoms with van der Waals surface area (Å²) in [5.74, 6) is 2.17. The molecule has 0 aromatic carbocycles. The van der Waals surface area contributed by atoms with E-state index in [1.54, 1.807) is 22.8 Å². The van der Waals surface area contributed by atoms with Gasteiger partial charge < -0.3 is 4.84 Å². The number of hydrogen-bond acceptors (Lipinski definition) is 5. The van der Waals surface area contributed by atoms with Crippen molar-refractivity contribution in [3.05, 3.63) is 12.2 Å². The molecule has 0 amide bonds. The van der Waals surface area contributed by atoms with Crippen molar-refractivity contribution >= 4 is 16.9 Å². The van der Waals surface area contributed by atoms with E-state index in [1.165, 1.54) is 0 Å². The number of oxime groups is 1. The first kappa shape index (κ1) is 9.51. The molecule has 0 bridgehead atoms. The summed E-state index contributed by atoms with van der Waals surface area (Å²) in [5.41, 5.74) is 0. The van der Waals surface area contributed by atoms with Crippen LogP contribution in [0, 0.1) is 0 Å². The van der Waals surface area contributed by atoms with E-state index in [4.69, 9.17) is 4.84 Å². The quantitative estimate of drug-likeness (QED) is 0.703. The van der Waals surface area contributed by atoms with E-state index in [0.717, 1.165) is 16.7 Å². The molecule has 0 N–H and O–H groups in total. The van der Waals surface area contributed by atoms with Gasteiger partial charge in [-0.1, -0.05) is 30.8 Å². The van der Waals surface area contributed by atoms with Crippen molar-refractivity contribution < 1.29 is 4.84 Å². The van der Waals surface area contributed by atoms with Crippen molar-refractivity contribution in [1.82, 2.24) is 14.8 Å². The molecule has 76 valence electrons. The zero-order valence-corrected chi connectivity index (χ0v) is 8.99. The molecule has 2 rings (SSSR count). The van der Waals surface area contributed by atoms with Crippen LogP contribution < -0.4 is 0 Å². The highest BCUT2D eigenvalue weighted by Crippen LogP contribution is 2.16. The van der Waals surface area contributed by atoms with E-state index in [1.807, 2.05) is 0 Å². The summed E-state index contributed by atoms with van der Waals surface area (Å²) in [6.45, 7) is 4.82. The minimum Gasteiger partial charge on any atom is -0.393 e. The highest BCUT2D eigenvalue weighted by atomic mass is 32.2. The second kappa shape index (κ2) is 4.00. The van der Waals surface area contributed by atoms with E-state index >= 15 is 0 Å². The van der Waals surface area contributed by atoms with Gasteiger partial charge in [0.25, 0.3) is 0 Å². The Morgan fingerprint density at radius 3 is 3.07 bits per heavy atom. The fraction of sp³-hybridized carbons (Fsp3) is 0.625. The lowest BCUT2D eigenvalue weighted by Crippen LogP contribution is -2.19. The third-order valence-corrected chi connectivity index (χ3v) is 2.70. The third-order valence-electron chi connectivity index (χ3n) is 1.82. The molecule has 0 fully saturated rings. The average molecular weight is 212 g/mol. The summed E-state index contributed by atoms with van der Waals surface area (Å²) in [6.07, 6.45) is 1.55. The van der Waals surface area contributed by atoms with Crippen molar-refractivity contribution in [3.8, 4) is 0 Å². The fourth-order valence-electron chi connectivity index (χ4n) is 1.19. The standard InChI is InChI=1S/C8H12N4OS/c1-6(2)7-9-5-10-12(7)8-11-13-3-4-14-8/h5-6H,3-4H2,1-2H3. The van der Waals surface area contributed by atoms with Crippen LogP contribution in [0.25, 0.3) is 0 Å². The first-order chi connectivity index (χ1) is 6.79. The molecular formula is C8H12N4OS. The first-order valence-electron chi connectivity index (χ1n) is 4.52. The minimum absolute atomic E-state index is 0.336. The Balaban J connectivity index is 2.30. The summed E-state index contributed by atoms with van der Waals surface area (Å²) < 4.78 is 1.74. The van der Waals surface area contributed by atoms with E-state index < -0.39 is 0 Å². The lowest BCUT2D eigenvalue weighted by molar-refractivity contribution is 0.158. The van der Waals surface area contributed by atoms with E-state index in [2.05, 4.69) is 29.1 Å². The fourth-order valence-corrected chi connectivity index (χ4v) is 1.90. The number of thioether (sulfide) groups is 1. The van der Waals surface area contributed by atoms with Crippen molar-refractivity contribution in [3.63, 3.8) is 0 Å². The van der Waals surface area contributed by atoms with Gasteiger partial charge in [-0.25, -0.2) is 4.98 Å². The highest BCUT2D eigenvalue weighted by Gasteiger charge is 2.16. The predicted molar refractivity (Wildman–Crippen MR) is 55.4 cm³/mol. The maximum absolute atomic E-state index is 5.02. The van der Waals surface area contributed by atoms with Crippen LogP contribution in [-0.4, -0.2) is 32.3 Å². The molecule has 2 heterocycles. The molecule has 1 aromatic heterocycles. The molecule has 0 atom stereocenters. The molecule has 1 aromatic rings. The van der Waals surface area contributed by atoms with Crippen LogP contribution in [0.1, 0.15) is 25.6 Å². The van der Waals surface area contributed by atoms with Crippen molar-refractivity contribution in [2.75, 3.05) is 12.4 Å². The van der Waals surface area contributed by atoms with Gasteiger partial charge in [0.2, 0.25) is 5.17 Å². The van der Waals surface area contributed by atoms with Gasteiger partial charge in [-0.15, -0.1) is 0 Å². The van der Waals surface area contributed by atoms with Gasteiger partial charge >= 0.3 is 0 Å². The Morgan fingerprint density at radius 1 is 1.57 bits per heavy atom. The van der Waals surface area contributed by atoms with E-state index in [9.17, 15) is 0 Å². The third kappa shape index (κ3) is 1.75. The lowest BCUT2D eigenvalue weighted by atomic mass is 10.2. The summed E-state index contributed by atoms with van der Waals surface area (Å²) in [5, 5.41) is 8.87. The van der Waals surface area contributed by atoms with Gasteiger partial charge in [0.15, 0.2) is 0 Å². The lowest BCUT2D eigenvalue weighted by Gasteiger charge is -2.13. The van der Waals surface area contributed by atoms with Crippen LogP contribution in [0.3, 0.4) is 0 Å². The van der Waals surface area contributed by atoms with E-state index in [-0.39, 0.29) is 0 Å². The molecule has 14 heavy (non-hydrogen) atoms. The number of aromatic nitrogens is 3. The van der Waals surface area contributed by atoms with Crippen molar-refractivity contribution in [2.45, 2.75) is 19.8 Å². The summed E-state index contributed by atoms with van der Waals surface area (Å²) in [6, 6.07) is 0. The Bertz CT molecular complexity index is 347. The molecule has 0 unspecified atom stereocenters. The highest BCUT2D eigenvalue weighted by molar-refractivity contribution is 8.13. The smallest absolute Gasteiger partial charge is 0.229 e. The van der Waals surface area contributed by atoms with Gasteiger partial charge in [0.1, 0.15) is 18.8 Å². The summed E-state index contributed by atoms with van der Waals surface area (Å²) in [7, 11) is 0. The molecule has 0 saturated carbocycles. The normalized spacial score (nSPS) is 16.6. The Morgan fingerprint density at radius 2 is 2.43 bits per heavy atom. The molecule has 0 saturated heterocycles. The van der Waals surface area contributed by atoms with E-state index in [0.29, 0.717) is 12.5 Å². The average Bonchev–Trinajstić information content (AvgIpc) is 2.67. The second-order valence-electron chi connectivity index (χ2n) is 3.24. The van der Waals surface area contributed by atoms with Crippen molar-refractivity contribution in [2.24, 2.45) is 5.16 Å². The maximum Gasteiger partial charge on any atom is 0.229 e. The maximum atomic E-state index is 5.02. The molecule has 5 nitrogen and oxygen atoms in total. The molecular weight excluding hydrogens is 200 g/mol. The molecule has 0 spiro atoms. The van der Waals surface area contributed by atoms with Crippen LogP contribution >= 0.6 is 11.8 Å². The Hall–Kier alpha value is -1.04.